The molecule has 4 nitrogen and oxygen atoms in total. The number of thiazole rings is 1. The quantitative estimate of drug-likeness (QED) is 0.499. The number of nitrogens with one attached hydrogen (secondary N) is 1. The molecule has 28 heavy (non-hydrogen) atoms. The van der Waals surface area contributed by atoms with E-state index in [2.05, 4.69) is 29.4 Å². The van der Waals surface area contributed by atoms with Gasteiger partial charge in [-0.1, -0.05) is 53.8 Å². The average molecular weight is 383 g/mol. The fraction of sp³-hybridized carbons (Fsp3) is 0.0435. The third-order valence-corrected chi connectivity index (χ3v) is 5.75. The summed E-state index contributed by atoms with van der Waals surface area (Å²) in [7, 11) is 0. The zero-order valence-corrected chi connectivity index (χ0v) is 16.0. The van der Waals surface area contributed by atoms with E-state index in [9.17, 15) is 4.79 Å². The summed E-state index contributed by atoms with van der Waals surface area (Å²) >= 11 is 1.42. The maximum atomic E-state index is 12.8. The second-order valence-corrected chi connectivity index (χ2v) is 7.71. The second kappa shape index (κ2) is 6.62. The van der Waals surface area contributed by atoms with Gasteiger partial charge in [-0.2, -0.15) is 0 Å². The fourth-order valence-corrected chi connectivity index (χ4v) is 4.28. The number of anilines is 2. The van der Waals surface area contributed by atoms with E-state index in [1.807, 2.05) is 66.7 Å². The molecule has 3 aromatic carbocycles. The number of benzene rings is 3. The van der Waals surface area contributed by atoms with E-state index in [0.29, 0.717) is 4.53 Å². The molecule has 2 aromatic heterocycles. The van der Waals surface area contributed by atoms with Crippen LogP contribution < -0.4 is 15.4 Å². The Labute approximate surface area is 165 Å². The van der Waals surface area contributed by atoms with Gasteiger partial charge in [0.05, 0.1) is 15.6 Å². The summed E-state index contributed by atoms with van der Waals surface area (Å²) in [5.41, 5.74) is 5.98. The van der Waals surface area contributed by atoms with Gasteiger partial charge in [0.25, 0.3) is 5.56 Å². The van der Waals surface area contributed by atoms with Gasteiger partial charge in [-0.25, -0.2) is 9.38 Å². The van der Waals surface area contributed by atoms with E-state index in [4.69, 9.17) is 0 Å². The lowest BCUT2D eigenvalue weighted by molar-refractivity contribution is 1.19. The monoisotopic (exact) mass is 383 g/mol. The molecule has 0 aliphatic rings. The van der Waals surface area contributed by atoms with Gasteiger partial charge in [-0.05, 0) is 54.5 Å². The van der Waals surface area contributed by atoms with Crippen molar-refractivity contribution in [2.75, 3.05) is 5.32 Å². The number of aromatic nitrogens is 2. The predicted molar refractivity (Wildman–Crippen MR) is 117 cm³/mol. The summed E-state index contributed by atoms with van der Waals surface area (Å²) in [5, 5.41) is 3.43. The maximum Gasteiger partial charge on any atom is 0.274 e. The van der Waals surface area contributed by atoms with E-state index in [1.165, 1.54) is 16.9 Å². The average Bonchev–Trinajstić information content (AvgIpc) is 3.21. The van der Waals surface area contributed by atoms with Crippen LogP contribution in [0.25, 0.3) is 22.1 Å². The van der Waals surface area contributed by atoms with Crippen molar-refractivity contribution in [2.45, 2.75) is 6.92 Å². The van der Waals surface area contributed by atoms with Gasteiger partial charge in [-0.3, -0.25) is 4.79 Å². The van der Waals surface area contributed by atoms with E-state index >= 15 is 0 Å². The Morgan fingerprint density at radius 3 is 2.54 bits per heavy atom. The summed E-state index contributed by atoms with van der Waals surface area (Å²) in [6, 6.07) is 24.0. The number of hydrogen-bond donors (Lipinski definition) is 1. The molecule has 5 aromatic rings. The molecule has 2 heterocycles. The topological polar surface area (TPSA) is 46.4 Å². The number of fused-ring (bicyclic) bond motifs is 3. The Morgan fingerprint density at radius 2 is 1.71 bits per heavy atom. The van der Waals surface area contributed by atoms with Crippen LogP contribution in [-0.4, -0.2) is 9.38 Å². The van der Waals surface area contributed by atoms with Gasteiger partial charge in [0.1, 0.15) is 0 Å². The standard InChI is InChI=1S/C23H17N3OS/c1-15-6-2-3-7-18(15)24-17-12-10-16(11-13-17)14-21-22(27)26-20-9-5-4-8-19(20)25-23(26)28-21/h2-14,24H,1H3/b21-14+. The fourth-order valence-electron chi connectivity index (χ4n) is 3.29. The van der Waals surface area contributed by atoms with Crippen molar-refractivity contribution in [1.29, 1.82) is 0 Å². The molecule has 5 heteroatoms. The summed E-state index contributed by atoms with van der Waals surface area (Å²) in [4.78, 5) is 18.1. The van der Waals surface area contributed by atoms with Crippen LogP contribution in [0.15, 0.2) is 77.6 Å². The van der Waals surface area contributed by atoms with Crippen molar-refractivity contribution in [3.63, 3.8) is 0 Å². The zero-order chi connectivity index (χ0) is 19.1. The number of para-hydroxylation sites is 3. The van der Waals surface area contributed by atoms with Crippen LogP contribution in [0.3, 0.4) is 0 Å². The highest BCUT2D eigenvalue weighted by atomic mass is 32.1. The number of imidazole rings is 1. The molecule has 0 atom stereocenters. The molecule has 0 bridgehead atoms. The van der Waals surface area contributed by atoms with Crippen LogP contribution in [0.2, 0.25) is 0 Å². The van der Waals surface area contributed by atoms with Crippen LogP contribution in [0, 0.1) is 6.92 Å². The summed E-state index contributed by atoms with van der Waals surface area (Å²) in [6.07, 6.45) is 1.92. The molecule has 0 aliphatic carbocycles. The van der Waals surface area contributed by atoms with Crippen LogP contribution in [-0.2, 0) is 0 Å². The molecule has 0 saturated carbocycles. The van der Waals surface area contributed by atoms with Crippen molar-refractivity contribution in [1.82, 2.24) is 9.38 Å². The SMILES string of the molecule is Cc1ccccc1Nc1ccc(/C=c2/sc3nc4ccccc4n3c2=O)cc1. The van der Waals surface area contributed by atoms with Gasteiger partial charge in [0, 0.05) is 11.4 Å². The molecule has 0 unspecified atom stereocenters. The molecular formula is C23H17N3OS. The predicted octanol–water partition coefficient (Wildman–Crippen LogP) is 4.51. The highest BCUT2D eigenvalue weighted by Gasteiger charge is 2.10. The normalized spacial score (nSPS) is 12.1. The van der Waals surface area contributed by atoms with E-state index < -0.39 is 0 Å². The van der Waals surface area contributed by atoms with Crippen LogP contribution in [0.5, 0.6) is 0 Å². The molecule has 1 N–H and O–H groups in total. The first kappa shape index (κ1) is 16.7. The number of hydrogen-bond acceptors (Lipinski definition) is 4. The van der Waals surface area contributed by atoms with Crippen LogP contribution in [0.1, 0.15) is 11.1 Å². The van der Waals surface area contributed by atoms with Crippen molar-refractivity contribution < 1.29 is 0 Å². The number of aryl methyl sites for hydroxylation is 1. The number of nitrogens with zero attached hydrogens (tertiary/aromatic N) is 2. The Morgan fingerprint density at radius 1 is 0.964 bits per heavy atom. The second-order valence-electron chi connectivity index (χ2n) is 6.70. The molecule has 5 rings (SSSR count). The first-order valence-corrected chi connectivity index (χ1v) is 9.85. The molecule has 0 saturated heterocycles. The summed E-state index contributed by atoms with van der Waals surface area (Å²) in [5.74, 6) is 0. The summed E-state index contributed by atoms with van der Waals surface area (Å²) < 4.78 is 2.38. The minimum Gasteiger partial charge on any atom is -0.355 e. The van der Waals surface area contributed by atoms with Gasteiger partial charge in [-0.15, -0.1) is 0 Å². The molecule has 0 radical (unpaired) electrons. The smallest absolute Gasteiger partial charge is 0.274 e. The van der Waals surface area contributed by atoms with Gasteiger partial charge in [0.15, 0.2) is 4.96 Å². The highest BCUT2D eigenvalue weighted by molar-refractivity contribution is 7.15. The van der Waals surface area contributed by atoms with Crippen molar-refractivity contribution in [2.24, 2.45) is 0 Å². The first-order valence-electron chi connectivity index (χ1n) is 9.03. The highest BCUT2D eigenvalue weighted by Crippen LogP contribution is 2.21. The Bertz CT molecular complexity index is 1410. The minimum atomic E-state index is -0.0178. The number of rotatable bonds is 3. The molecule has 0 amide bonds. The lowest BCUT2D eigenvalue weighted by Gasteiger charge is -2.09. The zero-order valence-electron chi connectivity index (χ0n) is 15.2. The molecular weight excluding hydrogens is 366 g/mol. The molecule has 136 valence electrons. The van der Waals surface area contributed by atoms with E-state index in [0.717, 1.165) is 32.9 Å². The van der Waals surface area contributed by atoms with Crippen molar-refractivity contribution >= 4 is 44.8 Å². The summed E-state index contributed by atoms with van der Waals surface area (Å²) in [6.45, 7) is 2.08. The van der Waals surface area contributed by atoms with Gasteiger partial charge >= 0.3 is 0 Å². The Hall–Kier alpha value is -3.44. The van der Waals surface area contributed by atoms with E-state index in [-0.39, 0.29) is 5.56 Å². The third kappa shape index (κ3) is 2.86. The van der Waals surface area contributed by atoms with Crippen molar-refractivity contribution in [3.05, 3.63) is 98.8 Å². The van der Waals surface area contributed by atoms with Gasteiger partial charge < -0.3 is 5.32 Å². The Kier molecular flexibility index (Phi) is 3.95. The van der Waals surface area contributed by atoms with Crippen LogP contribution in [0.4, 0.5) is 11.4 Å². The third-order valence-electron chi connectivity index (χ3n) is 4.78. The molecule has 0 fully saturated rings. The lowest BCUT2D eigenvalue weighted by Crippen LogP contribution is -2.22. The van der Waals surface area contributed by atoms with E-state index in [1.54, 1.807) is 4.40 Å². The lowest BCUT2D eigenvalue weighted by atomic mass is 10.1. The minimum absolute atomic E-state index is 0.0178. The first-order chi connectivity index (χ1) is 13.7. The van der Waals surface area contributed by atoms with Crippen molar-refractivity contribution in [3.8, 4) is 0 Å². The van der Waals surface area contributed by atoms with Crippen LogP contribution >= 0.6 is 11.3 Å². The maximum absolute atomic E-state index is 12.8. The molecule has 0 spiro atoms. The Balaban J connectivity index is 1.50. The van der Waals surface area contributed by atoms with Gasteiger partial charge in [0.2, 0.25) is 0 Å². The molecule has 0 aliphatic heterocycles. The largest absolute Gasteiger partial charge is 0.355 e.